The molecule has 2 rings (SSSR count). The molecule has 0 aliphatic heterocycles. The molecule has 0 amide bonds. The minimum absolute atomic E-state index is 0.0782. The summed E-state index contributed by atoms with van der Waals surface area (Å²) >= 11 is 0. The molecule has 1 aliphatic carbocycles. The SMILES string of the molecule is CCNCC(COC)Oc1ccc2c(c1)CCC2. The van der Waals surface area contributed by atoms with Gasteiger partial charge < -0.3 is 14.8 Å². The molecule has 1 aromatic carbocycles. The van der Waals surface area contributed by atoms with Crippen molar-refractivity contribution in [1.82, 2.24) is 5.32 Å². The van der Waals surface area contributed by atoms with Crippen LogP contribution in [0.25, 0.3) is 0 Å². The van der Waals surface area contributed by atoms with Crippen molar-refractivity contribution in [2.45, 2.75) is 32.3 Å². The van der Waals surface area contributed by atoms with E-state index in [0.29, 0.717) is 6.61 Å². The van der Waals surface area contributed by atoms with Gasteiger partial charge in [0.15, 0.2) is 0 Å². The summed E-state index contributed by atoms with van der Waals surface area (Å²) in [7, 11) is 1.71. The number of benzene rings is 1. The zero-order valence-corrected chi connectivity index (χ0v) is 11.4. The number of ether oxygens (including phenoxy) is 2. The van der Waals surface area contributed by atoms with Gasteiger partial charge in [-0.1, -0.05) is 13.0 Å². The number of methoxy groups -OCH3 is 1. The van der Waals surface area contributed by atoms with Crippen molar-refractivity contribution in [2.75, 3.05) is 26.8 Å². The number of hydrogen-bond acceptors (Lipinski definition) is 3. The Bertz CT molecular complexity index is 379. The van der Waals surface area contributed by atoms with Crippen molar-refractivity contribution in [3.05, 3.63) is 29.3 Å². The summed E-state index contributed by atoms with van der Waals surface area (Å²) in [5.41, 5.74) is 2.93. The molecule has 0 saturated carbocycles. The van der Waals surface area contributed by atoms with Gasteiger partial charge in [-0.05, 0) is 49.1 Å². The van der Waals surface area contributed by atoms with Gasteiger partial charge in [0, 0.05) is 13.7 Å². The van der Waals surface area contributed by atoms with Gasteiger partial charge in [0.2, 0.25) is 0 Å². The monoisotopic (exact) mass is 249 g/mol. The van der Waals surface area contributed by atoms with E-state index < -0.39 is 0 Å². The van der Waals surface area contributed by atoms with E-state index in [4.69, 9.17) is 9.47 Å². The van der Waals surface area contributed by atoms with Crippen LogP contribution in [0.3, 0.4) is 0 Å². The summed E-state index contributed by atoms with van der Waals surface area (Å²) in [5, 5.41) is 3.30. The molecule has 1 atom stereocenters. The summed E-state index contributed by atoms with van der Waals surface area (Å²) in [6, 6.07) is 6.48. The topological polar surface area (TPSA) is 30.5 Å². The number of rotatable bonds is 7. The van der Waals surface area contributed by atoms with Crippen LogP contribution in [-0.4, -0.2) is 32.9 Å². The first kappa shape index (κ1) is 13.4. The van der Waals surface area contributed by atoms with E-state index in [1.807, 2.05) is 0 Å². The van der Waals surface area contributed by atoms with Crippen molar-refractivity contribution >= 4 is 0 Å². The van der Waals surface area contributed by atoms with Gasteiger partial charge in [-0.2, -0.15) is 0 Å². The van der Waals surface area contributed by atoms with Crippen LogP contribution >= 0.6 is 0 Å². The van der Waals surface area contributed by atoms with Crippen molar-refractivity contribution in [2.24, 2.45) is 0 Å². The highest BCUT2D eigenvalue weighted by Gasteiger charge is 2.14. The lowest BCUT2D eigenvalue weighted by Crippen LogP contribution is -2.34. The normalized spacial score (nSPS) is 15.4. The second-order valence-corrected chi connectivity index (χ2v) is 4.79. The highest BCUT2D eigenvalue weighted by molar-refractivity contribution is 5.38. The van der Waals surface area contributed by atoms with E-state index in [9.17, 15) is 0 Å². The molecule has 1 aromatic rings. The zero-order chi connectivity index (χ0) is 12.8. The summed E-state index contributed by atoms with van der Waals surface area (Å²) in [4.78, 5) is 0. The summed E-state index contributed by atoms with van der Waals surface area (Å²) < 4.78 is 11.2. The van der Waals surface area contributed by atoms with E-state index in [2.05, 4.69) is 30.4 Å². The van der Waals surface area contributed by atoms with Gasteiger partial charge >= 0.3 is 0 Å². The lowest BCUT2D eigenvalue weighted by molar-refractivity contribution is 0.0809. The molecule has 3 nitrogen and oxygen atoms in total. The van der Waals surface area contributed by atoms with Crippen molar-refractivity contribution in [1.29, 1.82) is 0 Å². The zero-order valence-electron chi connectivity index (χ0n) is 11.4. The second-order valence-electron chi connectivity index (χ2n) is 4.79. The van der Waals surface area contributed by atoms with Crippen LogP contribution in [0.15, 0.2) is 18.2 Å². The maximum Gasteiger partial charge on any atom is 0.134 e. The van der Waals surface area contributed by atoms with Gasteiger partial charge in [-0.3, -0.25) is 0 Å². The Labute approximate surface area is 109 Å². The molecule has 100 valence electrons. The number of likely N-dealkylation sites (N-methyl/N-ethyl adjacent to an activating group) is 1. The molecule has 0 aromatic heterocycles. The standard InChI is InChI=1S/C15H23NO2/c1-3-16-10-15(11-17-2)18-14-8-7-12-5-4-6-13(12)9-14/h7-9,15-16H,3-6,10-11H2,1-2H3. The van der Waals surface area contributed by atoms with E-state index in [1.54, 1.807) is 7.11 Å². The molecule has 0 spiro atoms. The van der Waals surface area contributed by atoms with E-state index in [1.165, 1.54) is 30.4 Å². The van der Waals surface area contributed by atoms with Gasteiger partial charge in [0.25, 0.3) is 0 Å². The van der Waals surface area contributed by atoms with Crippen molar-refractivity contribution < 1.29 is 9.47 Å². The third-order valence-corrected chi connectivity index (χ3v) is 3.35. The number of hydrogen-bond donors (Lipinski definition) is 1. The average Bonchev–Trinajstić information content (AvgIpc) is 2.83. The molecule has 1 unspecified atom stereocenters. The summed E-state index contributed by atoms with van der Waals surface area (Å²) in [6.07, 6.45) is 3.76. The van der Waals surface area contributed by atoms with Crippen LogP contribution in [0.5, 0.6) is 5.75 Å². The molecule has 0 fully saturated rings. The molecular formula is C15H23NO2. The fraction of sp³-hybridized carbons (Fsp3) is 0.600. The first-order valence-corrected chi connectivity index (χ1v) is 6.81. The molecule has 1 N–H and O–H groups in total. The summed E-state index contributed by atoms with van der Waals surface area (Å²) in [5.74, 6) is 0.968. The Kier molecular flexibility index (Phi) is 5.02. The maximum absolute atomic E-state index is 5.99. The Balaban J connectivity index is 1.97. The third-order valence-electron chi connectivity index (χ3n) is 3.35. The van der Waals surface area contributed by atoms with Crippen LogP contribution in [-0.2, 0) is 17.6 Å². The largest absolute Gasteiger partial charge is 0.487 e. The van der Waals surface area contributed by atoms with Gasteiger partial charge in [0.05, 0.1) is 6.61 Å². The Morgan fingerprint density at radius 3 is 2.89 bits per heavy atom. The van der Waals surface area contributed by atoms with Crippen LogP contribution in [0.4, 0.5) is 0 Å². The van der Waals surface area contributed by atoms with Crippen LogP contribution < -0.4 is 10.1 Å². The smallest absolute Gasteiger partial charge is 0.134 e. The maximum atomic E-state index is 5.99. The molecular weight excluding hydrogens is 226 g/mol. The number of aryl methyl sites for hydroxylation is 2. The predicted molar refractivity (Wildman–Crippen MR) is 73.3 cm³/mol. The molecule has 0 radical (unpaired) electrons. The average molecular weight is 249 g/mol. The van der Waals surface area contributed by atoms with E-state index in [-0.39, 0.29) is 6.10 Å². The van der Waals surface area contributed by atoms with Gasteiger partial charge in [0.1, 0.15) is 11.9 Å². The first-order chi connectivity index (χ1) is 8.83. The van der Waals surface area contributed by atoms with Crippen molar-refractivity contribution in [3.8, 4) is 5.75 Å². The Morgan fingerprint density at radius 1 is 1.28 bits per heavy atom. The minimum atomic E-state index is 0.0782. The highest BCUT2D eigenvalue weighted by atomic mass is 16.5. The Hall–Kier alpha value is -1.06. The molecule has 0 saturated heterocycles. The first-order valence-electron chi connectivity index (χ1n) is 6.81. The minimum Gasteiger partial charge on any atom is -0.487 e. The van der Waals surface area contributed by atoms with Crippen LogP contribution in [0.2, 0.25) is 0 Å². The quantitative estimate of drug-likeness (QED) is 0.803. The Morgan fingerprint density at radius 2 is 2.11 bits per heavy atom. The lowest BCUT2D eigenvalue weighted by Gasteiger charge is -2.19. The second kappa shape index (κ2) is 6.76. The molecule has 3 heteroatoms. The lowest BCUT2D eigenvalue weighted by atomic mass is 10.1. The van der Waals surface area contributed by atoms with Gasteiger partial charge in [-0.15, -0.1) is 0 Å². The summed E-state index contributed by atoms with van der Waals surface area (Å²) in [6.45, 7) is 4.48. The third kappa shape index (κ3) is 3.47. The fourth-order valence-corrected chi connectivity index (χ4v) is 2.44. The molecule has 0 bridgehead atoms. The molecule has 1 aliphatic rings. The highest BCUT2D eigenvalue weighted by Crippen LogP contribution is 2.26. The fourth-order valence-electron chi connectivity index (χ4n) is 2.44. The predicted octanol–water partition coefficient (Wildman–Crippen LogP) is 2.18. The van der Waals surface area contributed by atoms with Crippen molar-refractivity contribution in [3.63, 3.8) is 0 Å². The van der Waals surface area contributed by atoms with Crippen LogP contribution in [0, 0.1) is 0 Å². The van der Waals surface area contributed by atoms with Gasteiger partial charge in [-0.25, -0.2) is 0 Å². The van der Waals surface area contributed by atoms with E-state index >= 15 is 0 Å². The van der Waals surface area contributed by atoms with Crippen LogP contribution in [0.1, 0.15) is 24.5 Å². The molecule has 18 heavy (non-hydrogen) atoms. The number of fused-ring (bicyclic) bond motifs is 1. The molecule has 0 heterocycles. The van der Waals surface area contributed by atoms with E-state index in [0.717, 1.165) is 18.8 Å². The number of nitrogens with one attached hydrogen (secondary N) is 1.